The summed E-state index contributed by atoms with van der Waals surface area (Å²) in [5.74, 6) is 2.88. The van der Waals surface area contributed by atoms with Gasteiger partial charge < -0.3 is 14.6 Å². The molecule has 1 aromatic carbocycles. The lowest BCUT2D eigenvalue weighted by atomic mass is 9.85. The van der Waals surface area contributed by atoms with Crippen LogP contribution in [-0.4, -0.2) is 20.7 Å². The van der Waals surface area contributed by atoms with Crippen molar-refractivity contribution in [2.45, 2.75) is 38.7 Å². The van der Waals surface area contributed by atoms with Crippen LogP contribution in [0.2, 0.25) is 0 Å². The molecule has 1 aliphatic carbocycles. The number of para-hydroxylation sites is 2. The molecule has 0 unspecified atom stereocenters. The number of ether oxygens (including phenoxy) is 1. The fraction of sp³-hybridized carbons (Fsp3) is 0.438. The molecule has 0 radical (unpaired) electrons. The van der Waals surface area contributed by atoms with Crippen molar-refractivity contribution in [3.05, 3.63) is 35.9 Å². The van der Waals surface area contributed by atoms with E-state index in [0.717, 1.165) is 11.6 Å². The Morgan fingerprint density at radius 1 is 1.36 bits per heavy atom. The molecule has 6 heteroatoms. The van der Waals surface area contributed by atoms with Gasteiger partial charge in [-0.2, -0.15) is 0 Å². The summed E-state index contributed by atoms with van der Waals surface area (Å²) >= 11 is 0. The van der Waals surface area contributed by atoms with E-state index in [2.05, 4.69) is 15.5 Å². The standard InChI is InChI=1S/C16H20N4O2/c1-11(21)17-13-8-3-4-9-14(13)22-10-15-18-19-16(20(15)2)12-6-5-7-12/h3-4,8-9,12H,5-7,10H2,1-2H3,(H,17,21). The Kier molecular flexibility index (Phi) is 4.09. The number of amides is 1. The number of carbonyl (C=O) groups excluding carboxylic acids is 1. The molecule has 1 fully saturated rings. The first kappa shape index (κ1) is 14.6. The van der Waals surface area contributed by atoms with Crippen molar-refractivity contribution >= 4 is 11.6 Å². The average Bonchev–Trinajstić information content (AvgIpc) is 2.77. The Balaban J connectivity index is 1.70. The zero-order valence-electron chi connectivity index (χ0n) is 12.9. The van der Waals surface area contributed by atoms with Gasteiger partial charge >= 0.3 is 0 Å². The molecule has 0 atom stereocenters. The van der Waals surface area contributed by atoms with E-state index in [-0.39, 0.29) is 5.91 Å². The number of hydrogen-bond acceptors (Lipinski definition) is 4. The highest BCUT2D eigenvalue weighted by Gasteiger charge is 2.25. The Morgan fingerprint density at radius 3 is 2.82 bits per heavy atom. The predicted molar refractivity (Wildman–Crippen MR) is 82.7 cm³/mol. The van der Waals surface area contributed by atoms with Crippen molar-refractivity contribution in [2.24, 2.45) is 7.05 Å². The summed E-state index contributed by atoms with van der Waals surface area (Å²) in [5.41, 5.74) is 0.663. The van der Waals surface area contributed by atoms with Crippen molar-refractivity contribution in [3.8, 4) is 5.75 Å². The van der Waals surface area contributed by atoms with Gasteiger partial charge in [0.2, 0.25) is 5.91 Å². The van der Waals surface area contributed by atoms with Gasteiger partial charge in [0.25, 0.3) is 0 Å². The molecule has 6 nitrogen and oxygen atoms in total. The summed E-state index contributed by atoms with van der Waals surface area (Å²) in [6.45, 7) is 1.80. The van der Waals surface area contributed by atoms with Gasteiger partial charge in [0.05, 0.1) is 5.69 Å². The smallest absolute Gasteiger partial charge is 0.221 e. The maximum Gasteiger partial charge on any atom is 0.221 e. The van der Waals surface area contributed by atoms with E-state index in [1.165, 1.54) is 26.2 Å². The third kappa shape index (κ3) is 2.95. The zero-order valence-corrected chi connectivity index (χ0v) is 12.9. The van der Waals surface area contributed by atoms with Crippen LogP contribution in [-0.2, 0) is 18.4 Å². The number of hydrogen-bond donors (Lipinski definition) is 1. The summed E-state index contributed by atoms with van der Waals surface area (Å²) < 4.78 is 7.83. The van der Waals surface area contributed by atoms with Crippen LogP contribution in [0.4, 0.5) is 5.69 Å². The number of nitrogens with one attached hydrogen (secondary N) is 1. The first-order chi connectivity index (χ1) is 10.6. The highest BCUT2D eigenvalue weighted by atomic mass is 16.5. The summed E-state index contributed by atoms with van der Waals surface area (Å²) in [6.07, 6.45) is 3.66. The molecule has 0 saturated heterocycles. The van der Waals surface area contributed by atoms with Crippen molar-refractivity contribution in [1.82, 2.24) is 14.8 Å². The summed E-state index contributed by atoms with van der Waals surface area (Å²) in [5, 5.41) is 11.3. The minimum absolute atomic E-state index is 0.123. The fourth-order valence-electron chi connectivity index (χ4n) is 2.55. The fourth-order valence-corrected chi connectivity index (χ4v) is 2.55. The molecule has 1 saturated carbocycles. The number of carbonyl (C=O) groups is 1. The van der Waals surface area contributed by atoms with Crippen LogP contribution < -0.4 is 10.1 Å². The summed E-state index contributed by atoms with van der Waals surface area (Å²) in [6, 6.07) is 7.37. The van der Waals surface area contributed by atoms with E-state index in [4.69, 9.17) is 4.74 Å². The second-order valence-corrected chi connectivity index (χ2v) is 5.63. The number of anilines is 1. The van der Waals surface area contributed by atoms with Crippen LogP contribution >= 0.6 is 0 Å². The lowest BCUT2D eigenvalue weighted by Gasteiger charge is -2.24. The SMILES string of the molecule is CC(=O)Nc1ccccc1OCc1nnc(C2CCC2)n1C. The van der Waals surface area contributed by atoms with Gasteiger partial charge in [-0.05, 0) is 25.0 Å². The maximum absolute atomic E-state index is 11.2. The number of benzene rings is 1. The zero-order chi connectivity index (χ0) is 15.5. The maximum atomic E-state index is 11.2. The second kappa shape index (κ2) is 6.17. The van der Waals surface area contributed by atoms with Gasteiger partial charge in [-0.1, -0.05) is 18.6 Å². The monoisotopic (exact) mass is 300 g/mol. The normalized spacial score (nSPS) is 14.5. The molecule has 1 amide bonds. The molecule has 0 bridgehead atoms. The minimum atomic E-state index is -0.123. The van der Waals surface area contributed by atoms with Gasteiger partial charge in [0, 0.05) is 19.9 Å². The van der Waals surface area contributed by atoms with Crippen LogP contribution in [0.1, 0.15) is 43.8 Å². The third-order valence-electron chi connectivity index (χ3n) is 4.02. The first-order valence-electron chi connectivity index (χ1n) is 7.52. The number of nitrogens with zero attached hydrogens (tertiary/aromatic N) is 3. The lowest BCUT2D eigenvalue weighted by molar-refractivity contribution is -0.114. The Labute approximate surface area is 129 Å². The Morgan fingerprint density at radius 2 is 2.14 bits per heavy atom. The highest BCUT2D eigenvalue weighted by Crippen LogP contribution is 2.35. The molecule has 1 aliphatic rings. The summed E-state index contributed by atoms with van der Waals surface area (Å²) in [7, 11) is 1.98. The highest BCUT2D eigenvalue weighted by molar-refractivity contribution is 5.90. The van der Waals surface area contributed by atoms with Crippen LogP contribution in [0, 0.1) is 0 Å². The molecular formula is C16H20N4O2. The van der Waals surface area contributed by atoms with Gasteiger partial charge in [0.15, 0.2) is 5.82 Å². The molecule has 22 heavy (non-hydrogen) atoms. The van der Waals surface area contributed by atoms with Gasteiger partial charge in [-0.15, -0.1) is 10.2 Å². The molecule has 0 aliphatic heterocycles. The van der Waals surface area contributed by atoms with Crippen LogP contribution in [0.25, 0.3) is 0 Å². The predicted octanol–water partition coefficient (Wildman–Crippen LogP) is 2.62. The van der Waals surface area contributed by atoms with E-state index in [1.807, 2.05) is 35.9 Å². The van der Waals surface area contributed by atoms with E-state index in [9.17, 15) is 4.79 Å². The topological polar surface area (TPSA) is 69.0 Å². The molecule has 2 aromatic rings. The van der Waals surface area contributed by atoms with Crippen LogP contribution in [0.3, 0.4) is 0 Å². The number of rotatable bonds is 5. The average molecular weight is 300 g/mol. The Bertz CT molecular complexity index is 677. The van der Waals surface area contributed by atoms with E-state index < -0.39 is 0 Å². The van der Waals surface area contributed by atoms with E-state index in [1.54, 1.807) is 0 Å². The largest absolute Gasteiger partial charge is 0.483 e. The number of aromatic nitrogens is 3. The van der Waals surface area contributed by atoms with Gasteiger partial charge in [-0.3, -0.25) is 4.79 Å². The second-order valence-electron chi connectivity index (χ2n) is 5.63. The quantitative estimate of drug-likeness (QED) is 0.921. The molecule has 1 N–H and O–H groups in total. The lowest BCUT2D eigenvalue weighted by Crippen LogP contribution is -2.15. The third-order valence-corrected chi connectivity index (χ3v) is 4.02. The van der Waals surface area contributed by atoms with Crippen molar-refractivity contribution in [2.75, 3.05) is 5.32 Å². The molecule has 3 rings (SSSR count). The molecule has 1 heterocycles. The Hall–Kier alpha value is -2.37. The minimum Gasteiger partial charge on any atom is -0.483 e. The van der Waals surface area contributed by atoms with Crippen LogP contribution in [0.15, 0.2) is 24.3 Å². The van der Waals surface area contributed by atoms with Crippen molar-refractivity contribution in [3.63, 3.8) is 0 Å². The van der Waals surface area contributed by atoms with Crippen LogP contribution in [0.5, 0.6) is 5.75 Å². The first-order valence-corrected chi connectivity index (χ1v) is 7.52. The van der Waals surface area contributed by atoms with Gasteiger partial charge in [-0.25, -0.2) is 0 Å². The molecule has 116 valence electrons. The summed E-state index contributed by atoms with van der Waals surface area (Å²) in [4.78, 5) is 11.2. The van der Waals surface area contributed by atoms with Crippen molar-refractivity contribution < 1.29 is 9.53 Å². The van der Waals surface area contributed by atoms with Gasteiger partial charge in [0.1, 0.15) is 18.2 Å². The molecule has 0 spiro atoms. The van der Waals surface area contributed by atoms with E-state index in [0.29, 0.717) is 24.0 Å². The molecule has 1 aromatic heterocycles. The van der Waals surface area contributed by atoms with E-state index >= 15 is 0 Å². The van der Waals surface area contributed by atoms with Crippen molar-refractivity contribution in [1.29, 1.82) is 0 Å². The molecular weight excluding hydrogens is 280 g/mol.